The Morgan fingerprint density at radius 2 is 2.00 bits per heavy atom. The molecule has 1 heteroatoms. The maximum absolute atomic E-state index is 3.77. The number of hydrogen-bond donors (Lipinski definition) is 1. The van der Waals surface area contributed by atoms with Crippen LogP contribution in [0, 0.1) is 12.3 Å². The fourth-order valence-corrected chi connectivity index (χ4v) is 3.44. The lowest BCUT2D eigenvalue weighted by molar-refractivity contribution is 0.276. The van der Waals surface area contributed by atoms with Gasteiger partial charge < -0.3 is 5.32 Å². The molecule has 0 bridgehead atoms. The molecule has 1 N–H and O–H groups in total. The Balaban J connectivity index is 1.68. The second-order valence-electron chi connectivity index (χ2n) is 6.53. The zero-order chi connectivity index (χ0) is 12.4. The van der Waals surface area contributed by atoms with Crippen LogP contribution < -0.4 is 5.32 Å². The summed E-state index contributed by atoms with van der Waals surface area (Å²) in [6.45, 7) is 3.44. The zero-order valence-corrected chi connectivity index (χ0v) is 11.5. The predicted molar refractivity (Wildman–Crippen MR) is 76.8 cm³/mol. The first kappa shape index (κ1) is 12.2. The van der Waals surface area contributed by atoms with Gasteiger partial charge in [0.15, 0.2) is 0 Å². The summed E-state index contributed by atoms with van der Waals surface area (Å²) in [5.41, 5.74) is 3.49. The number of rotatable bonds is 5. The number of benzene rings is 1. The smallest absolute Gasteiger partial charge is 0.00684 e. The fraction of sp³-hybridized carbons (Fsp3) is 0.647. The molecule has 0 amide bonds. The van der Waals surface area contributed by atoms with Gasteiger partial charge in [0.05, 0.1) is 0 Å². The quantitative estimate of drug-likeness (QED) is 0.828. The molecule has 1 aromatic rings. The summed E-state index contributed by atoms with van der Waals surface area (Å²) in [5, 5.41) is 3.77. The van der Waals surface area contributed by atoms with Crippen molar-refractivity contribution < 1.29 is 0 Å². The Bertz CT molecular complexity index is 400. The van der Waals surface area contributed by atoms with Gasteiger partial charge in [0, 0.05) is 12.6 Å². The first-order valence-corrected chi connectivity index (χ1v) is 7.55. The van der Waals surface area contributed by atoms with Crippen molar-refractivity contribution in [2.75, 3.05) is 6.54 Å². The molecule has 0 aliphatic heterocycles. The van der Waals surface area contributed by atoms with E-state index in [9.17, 15) is 0 Å². The topological polar surface area (TPSA) is 12.0 Å². The van der Waals surface area contributed by atoms with Gasteiger partial charge in [-0.25, -0.2) is 0 Å². The normalized spacial score (nSPS) is 22.3. The van der Waals surface area contributed by atoms with Crippen LogP contribution in [-0.2, 0) is 6.42 Å². The second kappa shape index (κ2) is 5.05. The standard InChI is InChI=1S/C17H25N/c1-14-5-4-6-15(11-14)12-17(9-2-3-10-17)13-18-16-7-8-16/h4-6,11,16,18H,2-3,7-10,12-13H2,1H3. The molecule has 0 radical (unpaired) electrons. The fourth-order valence-electron chi connectivity index (χ4n) is 3.44. The van der Waals surface area contributed by atoms with E-state index in [1.165, 1.54) is 62.6 Å². The molecule has 2 aliphatic rings. The Morgan fingerprint density at radius 3 is 2.67 bits per heavy atom. The van der Waals surface area contributed by atoms with Gasteiger partial charge in [-0.1, -0.05) is 42.7 Å². The van der Waals surface area contributed by atoms with E-state index in [2.05, 4.69) is 36.5 Å². The van der Waals surface area contributed by atoms with Gasteiger partial charge >= 0.3 is 0 Å². The Labute approximate surface area is 111 Å². The lowest BCUT2D eigenvalue weighted by Gasteiger charge is -2.30. The van der Waals surface area contributed by atoms with E-state index in [-0.39, 0.29) is 0 Å². The predicted octanol–water partition coefficient (Wildman–Crippen LogP) is 3.85. The van der Waals surface area contributed by atoms with Crippen LogP contribution in [0.1, 0.15) is 49.7 Å². The first-order chi connectivity index (χ1) is 8.76. The first-order valence-electron chi connectivity index (χ1n) is 7.55. The summed E-state index contributed by atoms with van der Waals surface area (Å²) in [6.07, 6.45) is 9.77. The summed E-state index contributed by atoms with van der Waals surface area (Å²) < 4.78 is 0. The highest BCUT2D eigenvalue weighted by molar-refractivity contribution is 5.23. The van der Waals surface area contributed by atoms with E-state index < -0.39 is 0 Å². The van der Waals surface area contributed by atoms with Crippen LogP contribution in [-0.4, -0.2) is 12.6 Å². The Morgan fingerprint density at radius 1 is 1.22 bits per heavy atom. The zero-order valence-electron chi connectivity index (χ0n) is 11.5. The third-order valence-electron chi connectivity index (χ3n) is 4.67. The van der Waals surface area contributed by atoms with Crippen molar-refractivity contribution in [3.63, 3.8) is 0 Å². The van der Waals surface area contributed by atoms with Crippen molar-refractivity contribution in [3.05, 3.63) is 35.4 Å². The van der Waals surface area contributed by atoms with Crippen LogP contribution in [0.5, 0.6) is 0 Å². The average Bonchev–Trinajstić information content (AvgIpc) is 3.08. The molecule has 18 heavy (non-hydrogen) atoms. The molecule has 1 nitrogen and oxygen atoms in total. The van der Waals surface area contributed by atoms with Gasteiger partial charge in [-0.2, -0.15) is 0 Å². The maximum Gasteiger partial charge on any atom is 0.00684 e. The van der Waals surface area contributed by atoms with E-state index in [4.69, 9.17) is 0 Å². The van der Waals surface area contributed by atoms with E-state index in [1.807, 2.05) is 0 Å². The number of aryl methyl sites for hydroxylation is 1. The van der Waals surface area contributed by atoms with Gasteiger partial charge in [-0.05, 0) is 50.0 Å². The van der Waals surface area contributed by atoms with Crippen LogP contribution in [0.25, 0.3) is 0 Å². The molecular weight excluding hydrogens is 218 g/mol. The van der Waals surface area contributed by atoms with E-state index >= 15 is 0 Å². The van der Waals surface area contributed by atoms with Crippen LogP contribution in [0.15, 0.2) is 24.3 Å². The summed E-state index contributed by atoms with van der Waals surface area (Å²) in [6, 6.07) is 9.94. The summed E-state index contributed by atoms with van der Waals surface area (Å²) in [7, 11) is 0. The van der Waals surface area contributed by atoms with Crippen LogP contribution in [0.2, 0.25) is 0 Å². The molecule has 0 aromatic heterocycles. The molecule has 0 saturated heterocycles. The molecule has 0 spiro atoms. The van der Waals surface area contributed by atoms with Crippen LogP contribution in [0.4, 0.5) is 0 Å². The molecule has 2 saturated carbocycles. The molecule has 3 rings (SSSR count). The van der Waals surface area contributed by atoms with Crippen LogP contribution in [0.3, 0.4) is 0 Å². The highest BCUT2D eigenvalue weighted by Crippen LogP contribution is 2.41. The number of nitrogens with one attached hydrogen (secondary N) is 1. The molecule has 1 aromatic carbocycles. The molecular formula is C17H25N. The molecule has 0 heterocycles. The van der Waals surface area contributed by atoms with Gasteiger partial charge in [-0.3, -0.25) is 0 Å². The molecule has 2 aliphatic carbocycles. The Kier molecular flexibility index (Phi) is 3.43. The van der Waals surface area contributed by atoms with Crippen LogP contribution >= 0.6 is 0 Å². The lowest BCUT2D eigenvalue weighted by atomic mass is 9.79. The van der Waals surface area contributed by atoms with E-state index in [0.29, 0.717) is 5.41 Å². The van der Waals surface area contributed by atoms with Crippen molar-refractivity contribution in [1.82, 2.24) is 5.32 Å². The van der Waals surface area contributed by atoms with Crippen molar-refractivity contribution in [3.8, 4) is 0 Å². The lowest BCUT2D eigenvalue weighted by Crippen LogP contribution is -2.35. The van der Waals surface area contributed by atoms with Gasteiger partial charge in [0.25, 0.3) is 0 Å². The van der Waals surface area contributed by atoms with Gasteiger partial charge in [0.1, 0.15) is 0 Å². The summed E-state index contributed by atoms with van der Waals surface area (Å²) >= 11 is 0. The van der Waals surface area contributed by atoms with Crippen molar-refractivity contribution >= 4 is 0 Å². The maximum atomic E-state index is 3.77. The largest absolute Gasteiger partial charge is 0.313 e. The van der Waals surface area contributed by atoms with Gasteiger partial charge in [-0.15, -0.1) is 0 Å². The third-order valence-corrected chi connectivity index (χ3v) is 4.67. The third kappa shape index (κ3) is 2.95. The second-order valence-corrected chi connectivity index (χ2v) is 6.53. The Hall–Kier alpha value is -0.820. The molecule has 98 valence electrons. The minimum Gasteiger partial charge on any atom is -0.313 e. The highest BCUT2D eigenvalue weighted by Gasteiger charge is 2.35. The monoisotopic (exact) mass is 243 g/mol. The summed E-state index contributed by atoms with van der Waals surface area (Å²) in [5.74, 6) is 0. The highest BCUT2D eigenvalue weighted by atomic mass is 15.0. The SMILES string of the molecule is Cc1cccc(CC2(CNC3CC3)CCCC2)c1. The molecule has 0 unspecified atom stereocenters. The molecule has 0 atom stereocenters. The minimum atomic E-state index is 0.552. The summed E-state index contributed by atoms with van der Waals surface area (Å²) in [4.78, 5) is 0. The van der Waals surface area contributed by atoms with Crippen molar-refractivity contribution in [2.45, 2.75) is 57.9 Å². The average molecular weight is 243 g/mol. The minimum absolute atomic E-state index is 0.552. The van der Waals surface area contributed by atoms with E-state index in [1.54, 1.807) is 0 Å². The van der Waals surface area contributed by atoms with Gasteiger partial charge in [0.2, 0.25) is 0 Å². The molecule has 2 fully saturated rings. The van der Waals surface area contributed by atoms with E-state index in [0.717, 1.165) is 6.04 Å². The van der Waals surface area contributed by atoms with Crippen molar-refractivity contribution in [2.24, 2.45) is 5.41 Å². The number of hydrogen-bond acceptors (Lipinski definition) is 1. The van der Waals surface area contributed by atoms with Crippen molar-refractivity contribution in [1.29, 1.82) is 0 Å².